The maximum Gasteiger partial charge on any atom is 0.243 e. The van der Waals surface area contributed by atoms with E-state index >= 15 is 0 Å². The van der Waals surface area contributed by atoms with Crippen LogP contribution in [-0.4, -0.2) is 26.8 Å². The van der Waals surface area contributed by atoms with E-state index in [1.807, 2.05) is 6.92 Å². The lowest BCUT2D eigenvalue weighted by molar-refractivity contribution is 0.304. The molecule has 27 heavy (non-hydrogen) atoms. The predicted octanol–water partition coefficient (Wildman–Crippen LogP) is 3.50. The lowest BCUT2D eigenvalue weighted by Gasteiger charge is -2.12. The molecule has 0 fully saturated rings. The van der Waals surface area contributed by atoms with E-state index in [1.165, 1.54) is 23.8 Å². The number of nitrogens with one attached hydrogen (secondary N) is 1. The molecule has 3 aromatic heterocycles. The van der Waals surface area contributed by atoms with E-state index in [1.54, 1.807) is 13.0 Å². The molecule has 0 saturated carbocycles. The van der Waals surface area contributed by atoms with Gasteiger partial charge in [0.15, 0.2) is 5.82 Å². The maximum absolute atomic E-state index is 13.7. The number of furan rings is 1. The Balaban J connectivity index is 2.20. The van der Waals surface area contributed by atoms with Gasteiger partial charge in [0.1, 0.15) is 23.1 Å². The first-order chi connectivity index (χ1) is 13.7. The minimum absolute atomic E-state index is 0.0802. The molecule has 8 heteroatoms. The molecule has 0 radical (unpaired) electrons. The Labute approximate surface area is 164 Å². The first-order valence-electron chi connectivity index (χ1n) is 9.38. The summed E-state index contributed by atoms with van der Waals surface area (Å²) in [7, 11) is 0. The van der Waals surface area contributed by atoms with E-state index in [4.69, 9.17) is 24.5 Å². The Kier molecular flexibility index (Phi) is 4.91. The zero-order chi connectivity index (χ0) is 21.3. The zero-order valence-corrected chi connectivity index (χ0v) is 15.9. The second-order valence-electron chi connectivity index (χ2n) is 6.09. The van der Waals surface area contributed by atoms with Crippen LogP contribution in [0.2, 0.25) is 5.28 Å². The average Bonchev–Trinajstić information content (AvgIpc) is 3.25. The van der Waals surface area contributed by atoms with Crippen molar-refractivity contribution in [3.63, 3.8) is 0 Å². The van der Waals surface area contributed by atoms with E-state index < -0.39 is 18.7 Å². The van der Waals surface area contributed by atoms with E-state index in [-0.39, 0.29) is 23.3 Å². The van der Waals surface area contributed by atoms with Crippen LogP contribution in [0.3, 0.4) is 0 Å². The molecule has 0 amide bonds. The lowest BCUT2D eigenvalue weighted by Crippen LogP contribution is -2.32. The molecule has 142 valence electrons. The van der Waals surface area contributed by atoms with Gasteiger partial charge in [-0.1, -0.05) is 5.92 Å². The van der Waals surface area contributed by atoms with Gasteiger partial charge in [0, 0.05) is 6.04 Å². The quantitative estimate of drug-likeness (QED) is 0.628. The van der Waals surface area contributed by atoms with Crippen molar-refractivity contribution in [3.05, 3.63) is 46.3 Å². The number of rotatable bonds is 6. The molecule has 3 aromatic rings. The SMILES string of the molecule is [2H]C([2H])(Nc1nc(Cl)nn2c(C#CC)c(C[C@@H](N)[C@H](C)F)c(C)c12)c1ccco1. The van der Waals surface area contributed by atoms with E-state index in [0.29, 0.717) is 16.8 Å². The van der Waals surface area contributed by atoms with Gasteiger partial charge in [-0.25, -0.2) is 8.91 Å². The zero-order valence-electron chi connectivity index (χ0n) is 17.2. The van der Waals surface area contributed by atoms with Crippen molar-refractivity contribution < 1.29 is 11.5 Å². The van der Waals surface area contributed by atoms with Gasteiger partial charge < -0.3 is 15.5 Å². The standard InChI is InChI=1S/C19H21ClFN5O/c1-4-6-16-14(9-15(22)12(3)21)11(2)17-18(24-19(20)25-26(16)17)23-10-13-7-5-8-27-13/h5,7-8,12,15H,9-10,22H2,1-3H3,(H,23,24,25)/t12-,15+/m0/s1/i10D2. The summed E-state index contributed by atoms with van der Waals surface area (Å²) in [5, 5.41) is 6.87. The van der Waals surface area contributed by atoms with Crippen LogP contribution in [0.1, 0.15) is 39.2 Å². The molecule has 3 rings (SSSR count). The van der Waals surface area contributed by atoms with Gasteiger partial charge in [-0.05, 0) is 68.0 Å². The second kappa shape index (κ2) is 7.99. The Morgan fingerprint density at radius 1 is 1.56 bits per heavy atom. The van der Waals surface area contributed by atoms with Crippen LogP contribution in [0.5, 0.6) is 0 Å². The van der Waals surface area contributed by atoms with Gasteiger partial charge in [0.05, 0.1) is 15.5 Å². The molecule has 0 unspecified atom stereocenters. The van der Waals surface area contributed by atoms with Crippen LogP contribution in [0.25, 0.3) is 5.52 Å². The highest BCUT2D eigenvalue weighted by atomic mass is 35.5. The molecule has 3 N–H and O–H groups in total. The molecule has 0 spiro atoms. The summed E-state index contributed by atoms with van der Waals surface area (Å²) in [6, 6.07) is 2.38. The molecule has 0 saturated heterocycles. The minimum atomic E-state index is -2.06. The second-order valence-corrected chi connectivity index (χ2v) is 6.43. The molecule has 2 atom stereocenters. The molecule has 0 aliphatic heterocycles. The number of alkyl halides is 1. The van der Waals surface area contributed by atoms with Crippen molar-refractivity contribution in [3.8, 4) is 11.8 Å². The maximum atomic E-state index is 13.7. The first-order valence-corrected chi connectivity index (χ1v) is 8.75. The van der Waals surface area contributed by atoms with Crippen LogP contribution in [-0.2, 0) is 12.9 Å². The summed E-state index contributed by atoms with van der Waals surface area (Å²) in [4.78, 5) is 4.17. The number of aromatic nitrogens is 3. The normalized spacial score (nSPS) is 14.9. The summed E-state index contributed by atoms with van der Waals surface area (Å²) >= 11 is 6.11. The smallest absolute Gasteiger partial charge is 0.243 e. The number of halogens is 2. The molecular weight excluding hydrogens is 369 g/mol. The fourth-order valence-corrected chi connectivity index (χ4v) is 2.96. The highest BCUT2D eigenvalue weighted by Crippen LogP contribution is 2.29. The van der Waals surface area contributed by atoms with Gasteiger partial charge in [0.2, 0.25) is 5.28 Å². The van der Waals surface area contributed by atoms with Crippen LogP contribution < -0.4 is 11.1 Å². The number of anilines is 1. The fourth-order valence-electron chi connectivity index (χ4n) is 2.80. The Morgan fingerprint density at radius 3 is 2.96 bits per heavy atom. The molecular formula is C19H21ClFN5O. The van der Waals surface area contributed by atoms with Gasteiger partial charge >= 0.3 is 0 Å². The minimum Gasteiger partial charge on any atom is -0.467 e. The van der Waals surface area contributed by atoms with Gasteiger partial charge in [-0.3, -0.25) is 0 Å². The fraction of sp³-hybridized carbons (Fsp3) is 0.368. The van der Waals surface area contributed by atoms with Crippen LogP contribution in [0.4, 0.5) is 10.2 Å². The molecule has 0 aliphatic rings. The van der Waals surface area contributed by atoms with E-state index in [0.717, 1.165) is 5.56 Å². The van der Waals surface area contributed by atoms with Crippen molar-refractivity contribution >= 4 is 22.9 Å². The predicted molar refractivity (Wildman–Crippen MR) is 104 cm³/mol. The number of fused-ring (bicyclic) bond motifs is 1. The lowest BCUT2D eigenvalue weighted by atomic mass is 10.00. The summed E-state index contributed by atoms with van der Waals surface area (Å²) in [6.07, 6.45) is 0.408. The van der Waals surface area contributed by atoms with E-state index in [2.05, 4.69) is 27.2 Å². The van der Waals surface area contributed by atoms with Crippen LogP contribution in [0, 0.1) is 18.8 Å². The number of nitrogens with two attached hydrogens (primary N) is 1. The third kappa shape index (κ3) is 3.92. The largest absolute Gasteiger partial charge is 0.467 e. The molecule has 0 aliphatic carbocycles. The van der Waals surface area contributed by atoms with Crippen LogP contribution in [0.15, 0.2) is 22.8 Å². The van der Waals surface area contributed by atoms with Crippen LogP contribution >= 0.6 is 11.6 Å². The molecule has 6 nitrogen and oxygen atoms in total. The summed E-state index contributed by atoms with van der Waals surface area (Å²) < 4.78 is 37.0. The van der Waals surface area contributed by atoms with Gasteiger partial charge in [-0.2, -0.15) is 4.98 Å². The highest BCUT2D eigenvalue weighted by molar-refractivity contribution is 6.28. The highest BCUT2D eigenvalue weighted by Gasteiger charge is 2.23. The van der Waals surface area contributed by atoms with Gasteiger partial charge in [0.25, 0.3) is 0 Å². The van der Waals surface area contributed by atoms with E-state index in [9.17, 15) is 4.39 Å². The number of hydrogen-bond donors (Lipinski definition) is 2. The Morgan fingerprint density at radius 2 is 2.33 bits per heavy atom. The molecule has 3 heterocycles. The third-order valence-corrected chi connectivity index (χ3v) is 4.39. The average molecular weight is 392 g/mol. The number of hydrogen-bond acceptors (Lipinski definition) is 5. The van der Waals surface area contributed by atoms with Crippen molar-refractivity contribution in [2.75, 3.05) is 5.32 Å². The third-order valence-electron chi connectivity index (χ3n) is 4.23. The van der Waals surface area contributed by atoms with Crippen molar-refractivity contribution in [1.82, 2.24) is 14.6 Å². The molecule has 0 bridgehead atoms. The van der Waals surface area contributed by atoms with Crippen molar-refractivity contribution in [1.29, 1.82) is 0 Å². The number of aryl methyl sites for hydroxylation is 1. The Hall–Kier alpha value is -2.56. The summed E-state index contributed by atoms with van der Waals surface area (Å²) in [6.45, 7) is 2.83. The van der Waals surface area contributed by atoms with Gasteiger partial charge in [-0.15, -0.1) is 5.10 Å². The summed E-state index contributed by atoms with van der Waals surface area (Å²) in [5.74, 6) is 6.04. The summed E-state index contributed by atoms with van der Waals surface area (Å²) in [5.41, 5.74) is 8.39. The number of nitrogens with zero attached hydrogens (tertiary/aromatic N) is 3. The van der Waals surface area contributed by atoms with Crippen molar-refractivity contribution in [2.24, 2.45) is 5.73 Å². The monoisotopic (exact) mass is 391 g/mol. The molecule has 0 aromatic carbocycles. The van der Waals surface area contributed by atoms with Crippen molar-refractivity contribution in [2.45, 2.75) is 45.9 Å². The first kappa shape index (κ1) is 16.6. The topological polar surface area (TPSA) is 81.4 Å². The Bertz CT molecular complexity index is 1090.